The van der Waals surface area contributed by atoms with Crippen LogP contribution in [0.2, 0.25) is 5.02 Å². The maximum Gasteiger partial charge on any atom is 0.258 e. The highest BCUT2D eigenvalue weighted by atomic mass is 35.5. The van der Waals surface area contributed by atoms with E-state index >= 15 is 0 Å². The lowest BCUT2D eigenvalue weighted by Crippen LogP contribution is -2.14. The summed E-state index contributed by atoms with van der Waals surface area (Å²) >= 11 is 5.58. The maximum absolute atomic E-state index is 13.6. The fourth-order valence-corrected chi connectivity index (χ4v) is 1.67. The number of hydrogen-bond donors (Lipinski definition) is 2. The number of halogens is 3. The van der Waals surface area contributed by atoms with Gasteiger partial charge >= 0.3 is 0 Å². The number of rotatable bonds is 2. The van der Waals surface area contributed by atoms with Crippen molar-refractivity contribution in [2.75, 3.05) is 11.1 Å². The fourth-order valence-electron chi connectivity index (χ4n) is 1.50. The number of carbonyl (C=O) groups excluding carboxylic acids is 1. The van der Waals surface area contributed by atoms with Gasteiger partial charge in [0.2, 0.25) is 0 Å². The van der Waals surface area contributed by atoms with Crippen LogP contribution in [0.1, 0.15) is 10.4 Å². The van der Waals surface area contributed by atoms with Crippen molar-refractivity contribution >= 4 is 28.9 Å². The quantitative estimate of drug-likeness (QED) is 0.829. The molecular weight excluding hydrogens is 274 g/mol. The second-order valence-electron chi connectivity index (χ2n) is 3.79. The fraction of sp³-hybridized carbons (Fsp3) is 0. The summed E-state index contributed by atoms with van der Waals surface area (Å²) in [6.45, 7) is 0. The van der Waals surface area contributed by atoms with Gasteiger partial charge in [-0.15, -0.1) is 0 Å². The number of benzene rings is 2. The van der Waals surface area contributed by atoms with Gasteiger partial charge in [-0.25, -0.2) is 8.78 Å². The first-order valence-electron chi connectivity index (χ1n) is 5.29. The van der Waals surface area contributed by atoms with Crippen LogP contribution in [-0.2, 0) is 0 Å². The lowest BCUT2D eigenvalue weighted by molar-refractivity contribution is 0.102. The second-order valence-corrected chi connectivity index (χ2v) is 4.20. The summed E-state index contributed by atoms with van der Waals surface area (Å²) in [5, 5.41) is 2.26. The molecule has 0 aliphatic rings. The second kappa shape index (κ2) is 5.24. The third-order valence-corrected chi connectivity index (χ3v) is 2.74. The van der Waals surface area contributed by atoms with Crippen LogP contribution >= 0.6 is 11.6 Å². The highest BCUT2D eigenvalue weighted by Gasteiger charge is 2.14. The Morgan fingerprint density at radius 2 is 1.95 bits per heavy atom. The van der Waals surface area contributed by atoms with Crippen molar-refractivity contribution in [3.8, 4) is 0 Å². The summed E-state index contributed by atoms with van der Waals surface area (Å²) in [6, 6.07) is 7.77. The zero-order valence-corrected chi connectivity index (χ0v) is 10.3. The summed E-state index contributed by atoms with van der Waals surface area (Å²) in [6.07, 6.45) is 0. The van der Waals surface area contributed by atoms with Gasteiger partial charge in [0.1, 0.15) is 5.82 Å². The smallest absolute Gasteiger partial charge is 0.258 e. The molecule has 0 aliphatic carbocycles. The normalized spacial score (nSPS) is 10.3. The molecule has 0 spiro atoms. The third-order valence-electron chi connectivity index (χ3n) is 2.45. The first-order valence-corrected chi connectivity index (χ1v) is 5.67. The molecule has 19 heavy (non-hydrogen) atoms. The zero-order chi connectivity index (χ0) is 14.0. The third kappa shape index (κ3) is 2.82. The van der Waals surface area contributed by atoms with Gasteiger partial charge in [0.05, 0.1) is 16.3 Å². The molecule has 0 radical (unpaired) electrons. The van der Waals surface area contributed by atoms with E-state index in [0.29, 0.717) is 0 Å². The molecule has 0 atom stereocenters. The van der Waals surface area contributed by atoms with E-state index in [1.165, 1.54) is 30.3 Å². The molecule has 2 rings (SSSR count). The van der Waals surface area contributed by atoms with Crippen LogP contribution < -0.4 is 11.1 Å². The van der Waals surface area contributed by atoms with Crippen LogP contribution in [0, 0.1) is 11.6 Å². The SMILES string of the molecule is Nc1cc(NC(=O)c2cccc(Cl)c2F)ccc1F. The maximum atomic E-state index is 13.6. The van der Waals surface area contributed by atoms with Crippen molar-refractivity contribution in [1.29, 1.82) is 0 Å². The molecule has 0 fully saturated rings. The van der Waals surface area contributed by atoms with Gasteiger partial charge in [-0.2, -0.15) is 0 Å². The van der Waals surface area contributed by atoms with Gasteiger partial charge in [-0.05, 0) is 30.3 Å². The van der Waals surface area contributed by atoms with Gasteiger partial charge in [-0.1, -0.05) is 17.7 Å². The molecule has 0 bridgehead atoms. The van der Waals surface area contributed by atoms with Crippen LogP contribution in [-0.4, -0.2) is 5.91 Å². The molecule has 0 aliphatic heterocycles. The Hall–Kier alpha value is -2.14. The molecule has 0 aromatic heterocycles. The molecule has 2 aromatic rings. The topological polar surface area (TPSA) is 55.1 Å². The van der Waals surface area contributed by atoms with Gasteiger partial charge in [0.25, 0.3) is 5.91 Å². The summed E-state index contributed by atoms with van der Waals surface area (Å²) in [4.78, 5) is 11.8. The molecule has 6 heteroatoms. The number of nitrogens with one attached hydrogen (secondary N) is 1. The molecular formula is C13H9ClF2N2O. The minimum atomic E-state index is -0.809. The molecule has 0 saturated carbocycles. The van der Waals surface area contributed by atoms with E-state index in [0.717, 1.165) is 6.07 Å². The van der Waals surface area contributed by atoms with Crippen LogP contribution in [0.5, 0.6) is 0 Å². The van der Waals surface area contributed by atoms with Crippen molar-refractivity contribution in [2.24, 2.45) is 0 Å². The average Bonchev–Trinajstić information content (AvgIpc) is 2.37. The standard InChI is InChI=1S/C13H9ClF2N2O/c14-9-3-1-2-8(12(9)16)13(19)18-7-4-5-10(15)11(17)6-7/h1-6H,17H2,(H,18,19). The number of amides is 1. The summed E-state index contributed by atoms with van der Waals surface area (Å²) in [7, 11) is 0. The van der Waals surface area contributed by atoms with E-state index in [2.05, 4.69) is 5.32 Å². The molecule has 1 amide bonds. The van der Waals surface area contributed by atoms with Crippen molar-refractivity contribution in [1.82, 2.24) is 0 Å². The molecule has 0 heterocycles. The summed E-state index contributed by atoms with van der Waals surface area (Å²) in [5.74, 6) is -2.09. The minimum Gasteiger partial charge on any atom is -0.396 e. The Morgan fingerprint density at radius 3 is 2.63 bits per heavy atom. The van der Waals surface area contributed by atoms with Crippen molar-refractivity contribution in [3.63, 3.8) is 0 Å². The predicted molar refractivity (Wildman–Crippen MR) is 70.2 cm³/mol. The molecule has 98 valence electrons. The zero-order valence-electron chi connectivity index (χ0n) is 9.58. The predicted octanol–water partition coefficient (Wildman–Crippen LogP) is 3.45. The minimum absolute atomic E-state index is 0.107. The number of nitrogen functional groups attached to an aromatic ring is 1. The van der Waals surface area contributed by atoms with Crippen LogP contribution in [0.4, 0.5) is 20.2 Å². The average molecular weight is 283 g/mol. The highest BCUT2D eigenvalue weighted by molar-refractivity contribution is 6.31. The van der Waals surface area contributed by atoms with E-state index in [1.54, 1.807) is 0 Å². The first-order chi connectivity index (χ1) is 8.99. The molecule has 3 nitrogen and oxygen atoms in total. The molecule has 3 N–H and O–H groups in total. The lowest BCUT2D eigenvalue weighted by atomic mass is 10.2. The number of nitrogens with two attached hydrogens (primary N) is 1. The van der Waals surface area contributed by atoms with E-state index in [-0.39, 0.29) is 22.0 Å². The van der Waals surface area contributed by atoms with E-state index in [1.807, 2.05) is 0 Å². The van der Waals surface area contributed by atoms with E-state index in [4.69, 9.17) is 17.3 Å². The van der Waals surface area contributed by atoms with Crippen LogP contribution in [0.15, 0.2) is 36.4 Å². The van der Waals surface area contributed by atoms with Gasteiger partial charge in [-0.3, -0.25) is 4.79 Å². The van der Waals surface area contributed by atoms with Gasteiger partial charge in [0, 0.05) is 5.69 Å². The Balaban J connectivity index is 2.26. The number of carbonyl (C=O) groups is 1. The summed E-state index contributed by atoms with van der Waals surface area (Å²) < 4.78 is 26.6. The monoisotopic (exact) mass is 282 g/mol. The highest BCUT2D eigenvalue weighted by Crippen LogP contribution is 2.20. The van der Waals surface area contributed by atoms with E-state index < -0.39 is 17.5 Å². The van der Waals surface area contributed by atoms with Gasteiger partial charge in [0.15, 0.2) is 5.82 Å². The molecule has 2 aromatic carbocycles. The van der Waals surface area contributed by atoms with Gasteiger partial charge < -0.3 is 11.1 Å². The number of hydrogen-bond acceptors (Lipinski definition) is 2. The Labute approximate surface area is 113 Å². The summed E-state index contributed by atoms with van der Waals surface area (Å²) in [5.41, 5.74) is 5.33. The number of anilines is 2. The first kappa shape index (κ1) is 13.3. The van der Waals surface area contributed by atoms with Crippen molar-refractivity contribution in [2.45, 2.75) is 0 Å². The molecule has 0 unspecified atom stereocenters. The van der Waals surface area contributed by atoms with Crippen LogP contribution in [0.25, 0.3) is 0 Å². The van der Waals surface area contributed by atoms with E-state index in [9.17, 15) is 13.6 Å². The molecule has 0 saturated heterocycles. The lowest BCUT2D eigenvalue weighted by Gasteiger charge is -2.07. The Morgan fingerprint density at radius 1 is 1.21 bits per heavy atom. The Kier molecular flexibility index (Phi) is 3.66. The Bertz CT molecular complexity index is 647. The van der Waals surface area contributed by atoms with Crippen molar-refractivity contribution in [3.05, 3.63) is 58.6 Å². The largest absolute Gasteiger partial charge is 0.396 e. The van der Waals surface area contributed by atoms with Crippen molar-refractivity contribution < 1.29 is 13.6 Å². The van der Waals surface area contributed by atoms with Crippen LogP contribution in [0.3, 0.4) is 0 Å².